The molecule has 8 nitrogen and oxygen atoms in total. The van der Waals surface area contributed by atoms with Gasteiger partial charge in [0.25, 0.3) is 5.56 Å². The van der Waals surface area contributed by atoms with Crippen LogP contribution in [0.25, 0.3) is 0 Å². The van der Waals surface area contributed by atoms with Gasteiger partial charge >= 0.3 is 5.69 Å². The first-order valence-corrected chi connectivity index (χ1v) is 5.43. The van der Waals surface area contributed by atoms with Crippen LogP contribution in [0.15, 0.2) is 21.9 Å². The van der Waals surface area contributed by atoms with Crippen LogP contribution in [0.1, 0.15) is 13.2 Å². The minimum atomic E-state index is -1.37. The maximum atomic E-state index is 11.5. The number of hydrogen-bond acceptors (Lipinski definition) is 6. The van der Waals surface area contributed by atoms with Gasteiger partial charge in [-0.1, -0.05) is 0 Å². The molecule has 1 saturated heterocycles. The van der Waals surface area contributed by atoms with Crippen molar-refractivity contribution in [3.8, 4) is 0 Å². The highest BCUT2D eigenvalue weighted by Crippen LogP contribution is 2.29. The SMILES string of the molecule is CC(O)[C@H]1O[C@@H](n2ccc(=O)[nH]c2=O)C(O)C1O. The minimum Gasteiger partial charge on any atom is -0.391 e. The van der Waals surface area contributed by atoms with E-state index in [4.69, 9.17) is 4.74 Å². The molecule has 2 heterocycles. The molecular weight excluding hydrogens is 244 g/mol. The van der Waals surface area contributed by atoms with Crippen LogP contribution in [0.4, 0.5) is 0 Å². The van der Waals surface area contributed by atoms with Crippen LogP contribution >= 0.6 is 0 Å². The van der Waals surface area contributed by atoms with Gasteiger partial charge in [0.1, 0.15) is 18.3 Å². The van der Waals surface area contributed by atoms with Gasteiger partial charge in [0.15, 0.2) is 6.23 Å². The standard InChI is InChI=1S/C10H14N2O6/c1-4(13)8-6(15)7(16)9(18-8)12-3-2-5(14)11-10(12)17/h2-4,6-9,13,15-16H,1H3,(H,11,14,17)/t4?,6?,7?,8-,9-/m1/s1. The molecule has 2 rings (SSSR count). The largest absolute Gasteiger partial charge is 0.391 e. The first-order valence-electron chi connectivity index (χ1n) is 5.43. The van der Waals surface area contributed by atoms with E-state index >= 15 is 0 Å². The lowest BCUT2D eigenvalue weighted by atomic mass is 10.1. The Hall–Kier alpha value is -1.48. The summed E-state index contributed by atoms with van der Waals surface area (Å²) in [6.07, 6.45) is -4.67. The van der Waals surface area contributed by atoms with E-state index in [-0.39, 0.29) is 0 Å². The van der Waals surface area contributed by atoms with Gasteiger partial charge < -0.3 is 20.1 Å². The molecule has 0 aromatic carbocycles. The highest BCUT2D eigenvalue weighted by Gasteiger charge is 2.45. The van der Waals surface area contributed by atoms with E-state index in [1.165, 1.54) is 6.92 Å². The van der Waals surface area contributed by atoms with Gasteiger partial charge in [-0.25, -0.2) is 4.79 Å². The molecule has 0 aliphatic carbocycles. The average Bonchev–Trinajstić information content (AvgIpc) is 2.57. The fourth-order valence-electron chi connectivity index (χ4n) is 1.94. The summed E-state index contributed by atoms with van der Waals surface area (Å²) in [6.45, 7) is 1.40. The number of nitrogens with one attached hydrogen (secondary N) is 1. The Kier molecular flexibility index (Phi) is 3.35. The van der Waals surface area contributed by atoms with E-state index in [0.717, 1.165) is 16.8 Å². The molecule has 1 aliphatic rings. The van der Waals surface area contributed by atoms with Crippen LogP contribution in [0.3, 0.4) is 0 Å². The summed E-state index contributed by atoms with van der Waals surface area (Å²) in [5.41, 5.74) is -1.33. The fourth-order valence-corrected chi connectivity index (χ4v) is 1.94. The lowest BCUT2D eigenvalue weighted by Gasteiger charge is -2.17. The maximum absolute atomic E-state index is 11.5. The lowest BCUT2D eigenvalue weighted by Crippen LogP contribution is -2.38. The van der Waals surface area contributed by atoms with E-state index in [1.54, 1.807) is 0 Å². The summed E-state index contributed by atoms with van der Waals surface area (Å²) >= 11 is 0. The number of aromatic nitrogens is 2. The Morgan fingerprint density at radius 2 is 2.06 bits per heavy atom. The number of nitrogens with zero attached hydrogens (tertiary/aromatic N) is 1. The molecule has 8 heteroatoms. The van der Waals surface area contributed by atoms with Crippen LogP contribution in [0.5, 0.6) is 0 Å². The van der Waals surface area contributed by atoms with Crippen LogP contribution < -0.4 is 11.2 Å². The topological polar surface area (TPSA) is 125 Å². The first-order chi connectivity index (χ1) is 8.41. The summed E-state index contributed by atoms with van der Waals surface area (Å²) in [4.78, 5) is 24.5. The molecular formula is C10H14N2O6. The molecule has 0 amide bonds. The molecule has 0 radical (unpaired) electrons. The normalized spacial score (nSPS) is 33.6. The average molecular weight is 258 g/mol. The molecule has 0 saturated carbocycles. The zero-order chi connectivity index (χ0) is 13.4. The van der Waals surface area contributed by atoms with E-state index in [1.807, 2.05) is 4.98 Å². The molecule has 1 aliphatic heterocycles. The second-order valence-corrected chi connectivity index (χ2v) is 4.23. The molecule has 5 atom stereocenters. The van der Waals surface area contributed by atoms with Crippen LogP contribution in [0.2, 0.25) is 0 Å². The van der Waals surface area contributed by atoms with Gasteiger partial charge in [-0.15, -0.1) is 0 Å². The Morgan fingerprint density at radius 1 is 1.39 bits per heavy atom. The van der Waals surface area contributed by atoms with Crippen molar-refractivity contribution < 1.29 is 20.1 Å². The summed E-state index contributed by atoms with van der Waals surface area (Å²) < 4.78 is 6.20. The van der Waals surface area contributed by atoms with Gasteiger partial charge in [-0.3, -0.25) is 14.3 Å². The second kappa shape index (κ2) is 4.65. The van der Waals surface area contributed by atoms with Gasteiger partial charge in [0.2, 0.25) is 0 Å². The number of H-pyrrole nitrogens is 1. The number of aliphatic hydroxyl groups is 3. The molecule has 0 spiro atoms. The van der Waals surface area contributed by atoms with E-state index in [0.29, 0.717) is 0 Å². The molecule has 3 unspecified atom stereocenters. The summed E-state index contributed by atoms with van der Waals surface area (Å²) in [5.74, 6) is 0. The van der Waals surface area contributed by atoms with Crippen molar-refractivity contribution in [2.24, 2.45) is 0 Å². The number of hydrogen-bond donors (Lipinski definition) is 4. The van der Waals surface area contributed by atoms with Crippen LogP contribution in [0, 0.1) is 0 Å². The zero-order valence-corrected chi connectivity index (χ0v) is 9.56. The second-order valence-electron chi connectivity index (χ2n) is 4.23. The summed E-state index contributed by atoms with van der Waals surface area (Å²) in [6, 6.07) is 1.10. The van der Waals surface area contributed by atoms with Crippen molar-refractivity contribution in [1.82, 2.24) is 9.55 Å². The maximum Gasteiger partial charge on any atom is 0.330 e. The highest BCUT2D eigenvalue weighted by molar-refractivity contribution is 4.94. The molecule has 4 N–H and O–H groups in total. The molecule has 100 valence electrons. The third-order valence-electron chi connectivity index (χ3n) is 2.88. The quantitative estimate of drug-likeness (QED) is 0.466. The Labute approximate surface area is 101 Å². The molecule has 18 heavy (non-hydrogen) atoms. The summed E-state index contributed by atoms with van der Waals surface area (Å²) in [7, 11) is 0. The van der Waals surface area contributed by atoms with Crippen molar-refractivity contribution in [2.75, 3.05) is 0 Å². The van der Waals surface area contributed by atoms with E-state index in [9.17, 15) is 24.9 Å². The monoisotopic (exact) mass is 258 g/mol. The number of aromatic amines is 1. The van der Waals surface area contributed by atoms with Gasteiger partial charge in [-0.2, -0.15) is 0 Å². The fraction of sp³-hybridized carbons (Fsp3) is 0.600. The Balaban J connectivity index is 2.35. The van der Waals surface area contributed by atoms with Crippen molar-refractivity contribution in [3.05, 3.63) is 33.1 Å². The van der Waals surface area contributed by atoms with Crippen LogP contribution in [-0.4, -0.2) is 49.3 Å². The van der Waals surface area contributed by atoms with Gasteiger partial charge in [-0.05, 0) is 6.92 Å². The Morgan fingerprint density at radius 3 is 2.56 bits per heavy atom. The number of aliphatic hydroxyl groups excluding tert-OH is 3. The molecule has 1 aromatic rings. The predicted octanol–water partition coefficient (Wildman–Crippen LogP) is -2.46. The minimum absolute atomic E-state index is 0.573. The number of ether oxygens (including phenoxy) is 1. The number of rotatable bonds is 2. The first kappa shape index (κ1) is 13.0. The third-order valence-corrected chi connectivity index (χ3v) is 2.88. The van der Waals surface area contributed by atoms with E-state index < -0.39 is 41.9 Å². The molecule has 1 aromatic heterocycles. The third kappa shape index (κ3) is 2.10. The van der Waals surface area contributed by atoms with Gasteiger partial charge in [0, 0.05) is 12.3 Å². The highest BCUT2D eigenvalue weighted by atomic mass is 16.6. The Bertz CT molecular complexity index is 536. The van der Waals surface area contributed by atoms with Crippen molar-refractivity contribution >= 4 is 0 Å². The van der Waals surface area contributed by atoms with Crippen molar-refractivity contribution in [2.45, 2.75) is 37.6 Å². The van der Waals surface area contributed by atoms with Crippen molar-refractivity contribution in [3.63, 3.8) is 0 Å². The molecule has 1 fully saturated rings. The van der Waals surface area contributed by atoms with Crippen molar-refractivity contribution in [1.29, 1.82) is 0 Å². The predicted molar refractivity (Wildman–Crippen MR) is 58.9 cm³/mol. The van der Waals surface area contributed by atoms with Gasteiger partial charge in [0.05, 0.1) is 6.10 Å². The summed E-state index contributed by atoms with van der Waals surface area (Å²) in [5, 5.41) is 28.8. The van der Waals surface area contributed by atoms with E-state index in [2.05, 4.69) is 0 Å². The smallest absolute Gasteiger partial charge is 0.330 e. The van der Waals surface area contributed by atoms with Crippen LogP contribution in [-0.2, 0) is 4.74 Å². The lowest BCUT2D eigenvalue weighted by molar-refractivity contribution is -0.0804. The zero-order valence-electron chi connectivity index (χ0n) is 9.56. The molecule has 0 bridgehead atoms.